The smallest absolute Gasteiger partial charge is 0.222 e. The van der Waals surface area contributed by atoms with Crippen LogP contribution in [0.5, 0.6) is 0 Å². The topological polar surface area (TPSA) is 20.3 Å². The summed E-state index contributed by atoms with van der Waals surface area (Å²) in [5, 5.41) is 0. The van der Waals surface area contributed by atoms with Crippen LogP contribution >= 0.6 is 0 Å². The van der Waals surface area contributed by atoms with Gasteiger partial charge in [-0.3, -0.25) is 4.79 Å². The van der Waals surface area contributed by atoms with Crippen LogP contribution in [0.3, 0.4) is 0 Å². The Bertz CT molecular complexity index is 220. The van der Waals surface area contributed by atoms with Crippen molar-refractivity contribution in [3.8, 4) is 0 Å². The first kappa shape index (κ1) is 20.5. The van der Waals surface area contributed by atoms with Crippen LogP contribution in [0.25, 0.3) is 0 Å². The zero-order valence-electron chi connectivity index (χ0n) is 15.0. The van der Waals surface area contributed by atoms with Crippen molar-refractivity contribution in [1.82, 2.24) is 4.90 Å². The maximum Gasteiger partial charge on any atom is 0.222 e. The molecule has 1 amide bonds. The fourth-order valence-electron chi connectivity index (χ4n) is 2.63. The minimum atomic E-state index is 0.392. The van der Waals surface area contributed by atoms with Gasteiger partial charge in [0.15, 0.2) is 0 Å². The molecule has 0 aromatic rings. The molecule has 21 heavy (non-hydrogen) atoms. The second-order valence-corrected chi connectivity index (χ2v) is 6.31. The van der Waals surface area contributed by atoms with Gasteiger partial charge in [-0.15, -0.1) is 0 Å². The summed E-state index contributed by atoms with van der Waals surface area (Å²) in [5.74, 6) is 0.392. The monoisotopic (exact) mass is 297 g/mol. The lowest BCUT2D eigenvalue weighted by Gasteiger charge is -2.22. The number of nitrogens with zero attached hydrogens (tertiary/aromatic N) is 1. The van der Waals surface area contributed by atoms with E-state index in [2.05, 4.69) is 25.7 Å². The Kier molecular flexibility index (Phi) is 15.5. The molecule has 0 aromatic heterocycles. The predicted octanol–water partition coefficient (Wildman–Crippen LogP) is 5.95. The van der Waals surface area contributed by atoms with Crippen molar-refractivity contribution in [2.75, 3.05) is 13.1 Å². The maximum absolute atomic E-state index is 12.3. The minimum Gasteiger partial charge on any atom is -0.343 e. The van der Waals surface area contributed by atoms with Gasteiger partial charge in [0.05, 0.1) is 0 Å². The molecule has 0 unspecified atom stereocenters. The van der Waals surface area contributed by atoms with Gasteiger partial charge in [-0.2, -0.15) is 0 Å². The second kappa shape index (κ2) is 15.9. The van der Waals surface area contributed by atoms with Gasteiger partial charge in [0, 0.05) is 19.5 Å². The summed E-state index contributed by atoms with van der Waals surface area (Å²) in [6.07, 6.45) is 15.8. The number of rotatable bonds is 15. The Labute approximate surface area is 133 Å². The molecule has 0 aliphatic heterocycles. The van der Waals surface area contributed by atoms with Gasteiger partial charge in [0.25, 0.3) is 0 Å². The standard InChI is InChI=1S/C19H39NO/c1-4-7-10-11-12-13-14-15-16-19(21)20(17-8-5-2)18-9-6-3/h4-18H2,1-3H3. The van der Waals surface area contributed by atoms with E-state index < -0.39 is 0 Å². The first-order valence-corrected chi connectivity index (χ1v) is 9.54. The quantitative estimate of drug-likeness (QED) is 0.342. The second-order valence-electron chi connectivity index (χ2n) is 6.31. The van der Waals surface area contributed by atoms with Gasteiger partial charge >= 0.3 is 0 Å². The molecule has 0 N–H and O–H groups in total. The molecule has 0 aliphatic carbocycles. The molecular weight excluding hydrogens is 258 g/mol. The third kappa shape index (κ3) is 12.9. The fourth-order valence-corrected chi connectivity index (χ4v) is 2.63. The molecule has 0 saturated heterocycles. The Balaban J connectivity index is 3.66. The highest BCUT2D eigenvalue weighted by Crippen LogP contribution is 2.11. The van der Waals surface area contributed by atoms with Gasteiger partial charge in [-0.05, 0) is 19.3 Å². The zero-order valence-corrected chi connectivity index (χ0v) is 15.0. The van der Waals surface area contributed by atoms with Crippen LogP contribution in [0, 0.1) is 0 Å². The normalized spacial score (nSPS) is 10.8. The van der Waals surface area contributed by atoms with Gasteiger partial charge < -0.3 is 4.90 Å². The van der Waals surface area contributed by atoms with Crippen molar-refractivity contribution >= 4 is 5.91 Å². The Morgan fingerprint density at radius 2 is 1.05 bits per heavy atom. The highest BCUT2D eigenvalue weighted by Gasteiger charge is 2.11. The largest absolute Gasteiger partial charge is 0.343 e. The van der Waals surface area contributed by atoms with Gasteiger partial charge in [0.2, 0.25) is 5.91 Å². The third-order valence-electron chi connectivity index (χ3n) is 4.16. The summed E-state index contributed by atoms with van der Waals surface area (Å²) in [6.45, 7) is 8.58. The number of carbonyl (C=O) groups excluding carboxylic acids is 1. The lowest BCUT2D eigenvalue weighted by atomic mass is 10.1. The van der Waals surface area contributed by atoms with Crippen LogP contribution in [0.4, 0.5) is 0 Å². The fraction of sp³-hybridized carbons (Fsp3) is 0.947. The van der Waals surface area contributed by atoms with Crippen molar-refractivity contribution in [3.05, 3.63) is 0 Å². The molecule has 0 aliphatic rings. The van der Waals surface area contributed by atoms with Crippen LogP contribution < -0.4 is 0 Å². The summed E-state index contributed by atoms with van der Waals surface area (Å²) in [5.41, 5.74) is 0. The van der Waals surface area contributed by atoms with E-state index in [0.717, 1.165) is 38.8 Å². The average Bonchev–Trinajstić information content (AvgIpc) is 2.50. The van der Waals surface area contributed by atoms with E-state index in [1.807, 2.05) is 0 Å². The van der Waals surface area contributed by atoms with Gasteiger partial charge in [0.1, 0.15) is 0 Å². The molecule has 2 nitrogen and oxygen atoms in total. The third-order valence-corrected chi connectivity index (χ3v) is 4.16. The summed E-state index contributed by atoms with van der Waals surface area (Å²) in [6, 6.07) is 0. The predicted molar refractivity (Wildman–Crippen MR) is 93.6 cm³/mol. The van der Waals surface area contributed by atoms with Gasteiger partial charge in [-0.25, -0.2) is 0 Å². The van der Waals surface area contributed by atoms with Crippen molar-refractivity contribution in [3.63, 3.8) is 0 Å². The molecule has 0 saturated carbocycles. The molecule has 0 heterocycles. The van der Waals surface area contributed by atoms with Crippen LogP contribution in [0.15, 0.2) is 0 Å². The Morgan fingerprint density at radius 1 is 0.619 bits per heavy atom. The van der Waals surface area contributed by atoms with E-state index in [9.17, 15) is 4.79 Å². The Morgan fingerprint density at radius 3 is 1.52 bits per heavy atom. The van der Waals surface area contributed by atoms with E-state index in [-0.39, 0.29) is 0 Å². The van der Waals surface area contributed by atoms with Crippen molar-refractivity contribution in [1.29, 1.82) is 0 Å². The van der Waals surface area contributed by atoms with Gasteiger partial charge in [-0.1, -0.05) is 78.6 Å². The van der Waals surface area contributed by atoms with Crippen molar-refractivity contribution < 1.29 is 4.79 Å². The lowest BCUT2D eigenvalue weighted by molar-refractivity contribution is -0.131. The molecular formula is C19H39NO. The van der Waals surface area contributed by atoms with Crippen LogP contribution in [-0.2, 0) is 4.79 Å². The van der Waals surface area contributed by atoms with Crippen molar-refractivity contribution in [2.45, 2.75) is 104 Å². The molecule has 0 fully saturated rings. The van der Waals surface area contributed by atoms with E-state index in [1.54, 1.807) is 0 Å². The van der Waals surface area contributed by atoms with Crippen LogP contribution in [0.1, 0.15) is 104 Å². The molecule has 0 spiro atoms. The number of hydrogen-bond donors (Lipinski definition) is 0. The molecule has 0 radical (unpaired) electrons. The molecule has 0 aromatic carbocycles. The van der Waals surface area contributed by atoms with Crippen molar-refractivity contribution in [2.24, 2.45) is 0 Å². The maximum atomic E-state index is 12.3. The summed E-state index contributed by atoms with van der Waals surface area (Å²) < 4.78 is 0. The number of amides is 1. The number of carbonyl (C=O) groups is 1. The summed E-state index contributed by atoms with van der Waals surface area (Å²) in [7, 11) is 0. The highest BCUT2D eigenvalue weighted by molar-refractivity contribution is 5.76. The molecule has 2 heteroatoms. The van der Waals surface area contributed by atoms with E-state index in [1.165, 1.54) is 57.8 Å². The first-order chi connectivity index (χ1) is 10.3. The van der Waals surface area contributed by atoms with E-state index >= 15 is 0 Å². The Hall–Kier alpha value is -0.530. The molecule has 0 bridgehead atoms. The lowest BCUT2D eigenvalue weighted by Crippen LogP contribution is -2.32. The van der Waals surface area contributed by atoms with Crippen LogP contribution in [-0.4, -0.2) is 23.9 Å². The summed E-state index contributed by atoms with van der Waals surface area (Å²) in [4.78, 5) is 14.4. The summed E-state index contributed by atoms with van der Waals surface area (Å²) >= 11 is 0. The minimum absolute atomic E-state index is 0.392. The molecule has 0 atom stereocenters. The average molecular weight is 298 g/mol. The van der Waals surface area contributed by atoms with E-state index in [4.69, 9.17) is 0 Å². The molecule has 126 valence electrons. The van der Waals surface area contributed by atoms with E-state index in [0.29, 0.717) is 5.91 Å². The SMILES string of the molecule is CCCCCCCCCCC(=O)N(CCCC)CCCC. The number of hydrogen-bond acceptors (Lipinski definition) is 1. The van der Waals surface area contributed by atoms with Crippen LogP contribution in [0.2, 0.25) is 0 Å². The number of unbranched alkanes of at least 4 members (excludes halogenated alkanes) is 9. The highest BCUT2D eigenvalue weighted by atomic mass is 16.2. The first-order valence-electron chi connectivity index (χ1n) is 9.54. The zero-order chi connectivity index (χ0) is 15.8. The molecule has 0 rings (SSSR count).